The van der Waals surface area contributed by atoms with Crippen molar-refractivity contribution in [2.24, 2.45) is 5.16 Å². The van der Waals surface area contributed by atoms with Crippen LogP contribution >= 0.6 is 23.3 Å². The predicted molar refractivity (Wildman–Crippen MR) is 181 cm³/mol. The molecule has 0 bridgehead atoms. The SMILES string of the molecule is Nc1nc(/C(=N/O)C(=O)N[C@@H]2C(=O)N3C(C(=O)OC(c4ccccc4)c4ccccc4)=C(C=C4CCN([C@@H]5CCNC5)C4=O)CS[C@H]23)ns1. The zero-order valence-electron chi connectivity index (χ0n) is 26.0. The molecule has 3 fully saturated rings. The molecule has 3 amide bonds. The Morgan fingerprint density at radius 2 is 1.84 bits per heavy atom. The average Bonchev–Trinajstić information content (AvgIpc) is 3.89. The van der Waals surface area contributed by atoms with Crippen LogP contribution in [0.3, 0.4) is 0 Å². The average molecular weight is 701 g/mol. The van der Waals surface area contributed by atoms with Crippen molar-refractivity contribution in [1.29, 1.82) is 0 Å². The van der Waals surface area contributed by atoms with E-state index in [0.717, 1.165) is 42.2 Å². The number of carbonyl (C=O) groups excluding carboxylic acids is 4. The highest BCUT2D eigenvalue weighted by Gasteiger charge is 2.55. The lowest BCUT2D eigenvalue weighted by atomic mass is 9.99. The Hall–Kier alpha value is -5.06. The minimum Gasteiger partial charge on any atom is -0.448 e. The minimum atomic E-state index is -1.06. The third-order valence-electron chi connectivity index (χ3n) is 8.86. The molecule has 5 heterocycles. The highest BCUT2D eigenvalue weighted by Crippen LogP contribution is 2.42. The summed E-state index contributed by atoms with van der Waals surface area (Å²) in [6, 6.07) is 17.6. The van der Waals surface area contributed by atoms with Crippen molar-refractivity contribution in [3.05, 3.63) is 101 Å². The molecule has 4 aliphatic heterocycles. The molecule has 0 aliphatic carbocycles. The summed E-state index contributed by atoms with van der Waals surface area (Å²) in [4.78, 5) is 61.8. The first-order chi connectivity index (χ1) is 23.8. The van der Waals surface area contributed by atoms with Crippen LogP contribution in [0.25, 0.3) is 0 Å². The van der Waals surface area contributed by atoms with Crippen molar-refractivity contribution >= 4 is 57.8 Å². The van der Waals surface area contributed by atoms with Crippen LogP contribution < -0.4 is 16.4 Å². The zero-order valence-corrected chi connectivity index (χ0v) is 27.7. The summed E-state index contributed by atoms with van der Waals surface area (Å²) in [6.45, 7) is 2.17. The van der Waals surface area contributed by atoms with Gasteiger partial charge in [-0.05, 0) is 42.2 Å². The lowest BCUT2D eigenvalue weighted by Gasteiger charge is -2.49. The largest absolute Gasteiger partial charge is 0.448 e. The second kappa shape index (κ2) is 13.8. The Bertz CT molecular complexity index is 1840. The van der Waals surface area contributed by atoms with E-state index in [2.05, 4.69) is 25.1 Å². The van der Waals surface area contributed by atoms with Gasteiger partial charge >= 0.3 is 5.97 Å². The van der Waals surface area contributed by atoms with Gasteiger partial charge in [-0.15, -0.1) is 11.8 Å². The van der Waals surface area contributed by atoms with Gasteiger partial charge in [-0.3, -0.25) is 19.3 Å². The molecule has 252 valence electrons. The number of oxime groups is 1. The van der Waals surface area contributed by atoms with Gasteiger partial charge in [-0.2, -0.15) is 9.36 Å². The maximum atomic E-state index is 14.3. The Morgan fingerprint density at radius 3 is 2.45 bits per heavy atom. The van der Waals surface area contributed by atoms with Crippen molar-refractivity contribution < 1.29 is 29.1 Å². The van der Waals surface area contributed by atoms with Crippen molar-refractivity contribution in [2.45, 2.75) is 36.4 Å². The smallest absolute Gasteiger partial charge is 0.356 e. The molecule has 7 rings (SSSR count). The molecule has 1 aromatic heterocycles. The monoisotopic (exact) mass is 700 g/mol. The summed E-state index contributed by atoms with van der Waals surface area (Å²) in [5, 5.41) is 17.8. The number of nitrogen functional groups attached to an aromatic ring is 1. The number of rotatable bonds is 9. The second-order valence-electron chi connectivity index (χ2n) is 11.8. The number of anilines is 1. The molecule has 3 saturated heterocycles. The van der Waals surface area contributed by atoms with E-state index in [1.54, 1.807) is 6.08 Å². The maximum Gasteiger partial charge on any atom is 0.356 e. The number of hydrogen-bond donors (Lipinski definition) is 4. The van der Waals surface area contributed by atoms with Crippen LogP contribution in [0, 0.1) is 0 Å². The van der Waals surface area contributed by atoms with Gasteiger partial charge in [0, 0.05) is 42.0 Å². The first-order valence-electron chi connectivity index (χ1n) is 15.7. The Kier molecular flexibility index (Phi) is 9.16. The molecule has 0 saturated carbocycles. The predicted octanol–water partition coefficient (Wildman–Crippen LogP) is 1.81. The minimum absolute atomic E-state index is 0.0161. The summed E-state index contributed by atoms with van der Waals surface area (Å²) in [7, 11) is 0. The normalized spacial score (nSPS) is 23.2. The van der Waals surface area contributed by atoms with E-state index in [4.69, 9.17) is 10.5 Å². The van der Waals surface area contributed by atoms with E-state index >= 15 is 0 Å². The summed E-state index contributed by atoms with van der Waals surface area (Å²) in [5.41, 5.74) is 7.66. The fraction of sp³-hybridized carbons (Fsp3) is 0.303. The molecule has 5 N–H and O–H groups in total. The number of ether oxygens (including phenoxy) is 1. The van der Waals surface area contributed by atoms with Gasteiger partial charge in [0.2, 0.25) is 17.4 Å². The number of allylic oxidation sites excluding steroid dienone is 1. The number of likely N-dealkylation sites (tertiary alicyclic amines) is 1. The highest BCUT2D eigenvalue weighted by molar-refractivity contribution is 8.00. The number of fused-ring (bicyclic) bond motifs is 1. The van der Waals surface area contributed by atoms with Crippen LogP contribution in [0.4, 0.5) is 5.13 Å². The fourth-order valence-electron chi connectivity index (χ4n) is 6.45. The van der Waals surface area contributed by atoms with Crippen molar-refractivity contribution in [3.8, 4) is 0 Å². The molecule has 16 heteroatoms. The molecule has 4 aliphatic rings. The molecular weight excluding hydrogens is 669 g/mol. The van der Waals surface area contributed by atoms with Crippen LogP contribution in [0.2, 0.25) is 0 Å². The van der Waals surface area contributed by atoms with Gasteiger partial charge in [-0.25, -0.2) is 4.79 Å². The number of hydrogen-bond acceptors (Lipinski definition) is 13. The number of nitrogens with one attached hydrogen (secondary N) is 2. The first-order valence-corrected chi connectivity index (χ1v) is 17.5. The Balaban J connectivity index is 1.20. The topological polar surface area (TPSA) is 192 Å². The van der Waals surface area contributed by atoms with Crippen LogP contribution in [-0.4, -0.2) is 96.6 Å². The standard InChI is InChI=1S/C33H32N8O6S2/c34-33-37-27(39-49-33)23(38-46)28(42)36-24-30(44)41-25(32(45)47-26(18-7-3-1-4-8-18)19-9-5-2-6-10-19)21(17-48-31(24)41)15-20-12-14-40(29(20)43)22-11-13-35-16-22/h1-10,15,22,24,26,31,35,46H,11-14,16-17H2,(H,36,42)(H2,34,37,39)/b20-15?,38-23-/t22-,24-,31-/m1/s1. The number of nitrogens with two attached hydrogens (primary N) is 1. The molecule has 3 aromatic rings. The van der Waals surface area contributed by atoms with Crippen LogP contribution in [0.1, 0.15) is 35.9 Å². The van der Waals surface area contributed by atoms with Crippen LogP contribution in [0.5, 0.6) is 0 Å². The molecule has 14 nitrogen and oxygen atoms in total. The number of β-lactam (4-membered cyclic amide) rings is 1. The Labute approximate surface area is 289 Å². The molecule has 0 unspecified atom stereocenters. The van der Waals surface area contributed by atoms with Gasteiger partial charge in [0.25, 0.3) is 11.8 Å². The molecule has 2 aromatic carbocycles. The lowest BCUT2D eigenvalue weighted by molar-refractivity contribution is -0.154. The van der Waals surface area contributed by atoms with Crippen molar-refractivity contribution in [1.82, 2.24) is 29.8 Å². The van der Waals surface area contributed by atoms with E-state index in [0.29, 0.717) is 24.1 Å². The van der Waals surface area contributed by atoms with Gasteiger partial charge in [-0.1, -0.05) is 65.8 Å². The highest BCUT2D eigenvalue weighted by atomic mass is 32.2. The van der Waals surface area contributed by atoms with Crippen LogP contribution in [0.15, 0.2) is 88.7 Å². The van der Waals surface area contributed by atoms with Crippen molar-refractivity contribution in [2.75, 3.05) is 31.1 Å². The van der Waals surface area contributed by atoms with Crippen molar-refractivity contribution in [3.63, 3.8) is 0 Å². The summed E-state index contributed by atoms with van der Waals surface area (Å²) in [5.74, 6) is -2.19. The first kappa shape index (κ1) is 32.5. The van der Waals surface area contributed by atoms with E-state index in [9.17, 15) is 24.4 Å². The lowest BCUT2D eigenvalue weighted by Crippen LogP contribution is -2.71. The van der Waals surface area contributed by atoms with E-state index in [1.807, 2.05) is 65.6 Å². The third kappa shape index (κ3) is 6.29. The van der Waals surface area contributed by atoms with Crippen LogP contribution in [-0.2, 0) is 23.9 Å². The van der Waals surface area contributed by atoms with Gasteiger partial charge in [0.15, 0.2) is 11.2 Å². The molecule has 0 spiro atoms. The van der Waals surface area contributed by atoms with Gasteiger partial charge in [0.1, 0.15) is 17.1 Å². The third-order valence-corrected chi connectivity index (χ3v) is 10.7. The summed E-state index contributed by atoms with van der Waals surface area (Å²) < 4.78 is 10.1. The number of aromatic nitrogens is 2. The summed E-state index contributed by atoms with van der Waals surface area (Å²) in [6.07, 6.45) is 2.33. The van der Waals surface area contributed by atoms with E-state index in [1.165, 1.54) is 16.7 Å². The number of esters is 1. The number of benzene rings is 2. The van der Waals surface area contributed by atoms with E-state index < -0.39 is 41.0 Å². The van der Waals surface area contributed by atoms with E-state index in [-0.39, 0.29) is 34.4 Å². The van der Waals surface area contributed by atoms with Gasteiger partial charge in [0.05, 0.1) is 0 Å². The maximum absolute atomic E-state index is 14.3. The molecule has 49 heavy (non-hydrogen) atoms. The molecule has 3 atom stereocenters. The number of nitrogens with zero attached hydrogens (tertiary/aromatic N) is 5. The van der Waals surface area contributed by atoms with Gasteiger partial charge < -0.3 is 31.2 Å². The molecular formula is C33H32N8O6S2. The Morgan fingerprint density at radius 1 is 1.12 bits per heavy atom. The number of carbonyl (C=O) groups is 4. The number of amides is 3. The number of thioether (sulfide) groups is 1. The quantitative estimate of drug-likeness (QED) is 0.0636. The molecule has 0 radical (unpaired) electrons. The fourth-order valence-corrected chi connectivity index (χ4v) is 8.19. The second-order valence-corrected chi connectivity index (χ2v) is 13.7. The zero-order chi connectivity index (χ0) is 34.1. The summed E-state index contributed by atoms with van der Waals surface area (Å²) >= 11 is 2.15.